The monoisotopic (exact) mass is 191 g/mol. The maximum atomic E-state index is 11.4. The van der Waals surface area contributed by atoms with Gasteiger partial charge in [-0.25, -0.2) is 0 Å². The van der Waals surface area contributed by atoms with E-state index in [0.29, 0.717) is 13.2 Å². The average molecular weight is 192 g/mol. The van der Waals surface area contributed by atoms with Crippen LogP contribution in [0.2, 0.25) is 0 Å². The Bertz CT molecular complexity index is 153. The third kappa shape index (κ3) is 2.64. The molecule has 70 valence electrons. The highest BCUT2D eigenvalue weighted by Gasteiger charge is 2.19. The highest BCUT2D eigenvalue weighted by atomic mass is 35.5. The molecular weight excluding hydrogens is 178 g/mol. The predicted molar refractivity (Wildman–Crippen MR) is 47.3 cm³/mol. The highest BCUT2D eigenvalue weighted by molar-refractivity contribution is 6.30. The van der Waals surface area contributed by atoms with Gasteiger partial charge in [-0.15, -0.1) is 11.6 Å². The van der Waals surface area contributed by atoms with E-state index in [0.717, 1.165) is 19.6 Å². The van der Waals surface area contributed by atoms with E-state index in [1.165, 1.54) is 0 Å². The Balaban J connectivity index is 2.43. The second-order valence-electron chi connectivity index (χ2n) is 2.91. The van der Waals surface area contributed by atoms with Gasteiger partial charge in [0.25, 0.3) is 0 Å². The number of hydrogen-bond acceptors (Lipinski definition) is 2. The van der Waals surface area contributed by atoms with Crippen molar-refractivity contribution in [3.63, 3.8) is 0 Å². The number of carbonyl (C=O) groups is 1. The van der Waals surface area contributed by atoms with E-state index >= 15 is 0 Å². The molecule has 4 heteroatoms. The van der Waals surface area contributed by atoms with Gasteiger partial charge in [0.1, 0.15) is 5.38 Å². The topological polar surface area (TPSA) is 29.5 Å². The van der Waals surface area contributed by atoms with Gasteiger partial charge in [0.05, 0.1) is 6.61 Å². The minimum absolute atomic E-state index is 0.0159. The number of ether oxygens (including phenoxy) is 1. The number of hydrogen-bond donors (Lipinski definition) is 0. The van der Waals surface area contributed by atoms with E-state index in [2.05, 4.69) is 0 Å². The Morgan fingerprint density at radius 2 is 2.25 bits per heavy atom. The van der Waals surface area contributed by atoms with Crippen molar-refractivity contribution < 1.29 is 9.53 Å². The van der Waals surface area contributed by atoms with E-state index in [-0.39, 0.29) is 5.91 Å². The fraction of sp³-hybridized carbons (Fsp3) is 0.875. The summed E-state index contributed by atoms with van der Waals surface area (Å²) in [5.41, 5.74) is 0. The smallest absolute Gasteiger partial charge is 0.240 e. The molecule has 1 saturated heterocycles. The molecule has 0 aromatic carbocycles. The summed E-state index contributed by atoms with van der Waals surface area (Å²) >= 11 is 5.68. The van der Waals surface area contributed by atoms with Gasteiger partial charge in [-0.1, -0.05) is 0 Å². The molecule has 1 atom stereocenters. The number of halogens is 1. The van der Waals surface area contributed by atoms with Gasteiger partial charge in [0.15, 0.2) is 0 Å². The molecule has 1 aliphatic heterocycles. The summed E-state index contributed by atoms with van der Waals surface area (Å²) in [6, 6.07) is 0. The molecule has 1 fully saturated rings. The van der Waals surface area contributed by atoms with Crippen LogP contribution >= 0.6 is 11.6 Å². The molecule has 12 heavy (non-hydrogen) atoms. The molecule has 0 aromatic heterocycles. The molecule has 1 amide bonds. The van der Waals surface area contributed by atoms with Crippen molar-refractivity contribution in [2.75, 3.05) is 26.3 Å². The number of amides is 1. The lowest BCUT2D eigenvalue weighted by Gasteiger charge is -2.20. The predicted octanol–water partition coefficient (Wildman–Crippen LogP) is 0.863. The summed E-state index contributed by atoms with van der Waals surface area (Å²) in [6.07, 6.45) is 0.912. The highest BCUT2D eigenvalue weighted by Crippen LogP contribution is 2.05. The number of nitrogens with zero attached hydrogens (tertiary/aromatic N) is 1. The van der Waals surface area contributed by atoms with Crippen LogP contribution in [-0.2, 0) is 9.53 Å². The molecule has 0 saturated carbocycles. The third-order valence-electron chi connectivity index (χ3n) is 1.87. The second-order valence-corrected chi connectivity index (χ2v) is 3.56. The van der Waals surface area contributed by atoms with Gasteiger partial charge in [-0.2, -0.15) is 0 Å². The first-order valence-electron chi connectivity index (χ1n) is 4.22. The van der Waals surface area contributed by atoms with Gasteiger partial charge in [-0.05, 0) is 13.3 Å². The van der Waals surface area contributed by atoms with E-state index in [4.69, 9.17) is 16.3 Å². The summed E-state index contributed by atoms with van der Waals surface area (Å²) in [5, 5.41) is -0.414. The first-order valence-corrected chi connectivity index (χ1v) is 4.66. The van der Waals surface area contributed by atoms with Crippen molar-refractivity contribution in [2.45, 2.75) is 18.7 Å². The minimum atomic E-state index is -0.414. The fourth-order valence-corrected chi connectivity index (χ4v) is 1.36. The summed E-state index contributed by atoms with van der Waals surface area (Å²) in [5.74, 6) is 0.0159. The molecule has 1 rings (SSSR count). The van der Waals surface area contributed by atoms with Gasteiger partial charge in [0, 0.05) is 19.7 Å². The van der Waals surface area contributed by atoms with E-state index in [1.54, 1.807) is 11.8 Å². The molecular formula is C8H14ClNO2. The van der Waals surface area contributed by atoms with Gasteiger partial charge in [0.2, 0.25) is 5.91 Å². The first-order chi connectivity index (χ1) is 5.72. The second kappa shape index (κ2) is 4.67. The van der Waals surface area contributed by atoms with Crippen LogP contribution in [0.15, 0.2) is 0 Å². The summed E-state index contributed by atoms with van der Waals surface area (Å²) in [6.45, 7) is 4.54. The lowest BCUT2D eigenvalue weighted by molar-refractivity contribution is -0.130. The molecule has 1 heterocycles. The molecule has 0 radical (unpaired) electrons. The molecule has 0 N–H and O–H groups in total. The molecule has 1 unspecified atom stereocenters. The van der Waals surface area contributed by atoms with Crippen LogP contribution in [0.5, 0.6) is 0 Å². The van der Waals surface area contributed by atoms with Crippen LogP contribution in [0.3, 0.4) is 0 Å². The van der Waals surface area contributed by atoms with Gasteiger partial charge >= 0.3 is 0 Å². The van der Waals surface area contributed by atoms with Crippen molar-refractivity contribution in [3.05, 3.63) is 0 Å². The molecule has 0 aliphatic carbocycles. The minimum Gasteiger partial charge on any atom is -0.380 e. The summed E-state index contributed by atoms with van der Waals surface area (Å²) in [4.78, 5) is 13.2. The zero-order valence-corrected chi connectivity index (χ0v) is 8.01. The van der Waals surface area contributed by atoms with Crippen LogP contribution in [0.1, 0.15) is 13.3 Å². The molecule has 1 aliphatic rings. The quantitative estimate of drug-likeness (QED) is 0.576. The van der Waals surface area contributed by atoms with E-state index < -0.39 is 5.38 Å². The average Bonchev–Trinajstić information content (AvgIpc) is 2.30. The standard InChI is InChI=1S/C8H14ClNO2/c1-7(9)8(11)10-3-2-5-12-6-4-10/h7H,2-6H2,1H3. The Morgan fingerprint density at radius 3 is 2.92 bits per heavy atom. The normalized spacial score (nSPS) is 21.7. The Morgan fingerprint density at radius 1 is 1.50 bits per heavy atom. The van der Waals surface area contributed by atoms with E-state index in [9.17, 15) is 4.79 Å². The Kier molecular flexibility index (Phi) is 3.82. The lowest BCUT2D eigenvalue weighted by atomic mass is 10.3. The van der Waals surface area contributed by atoms with Crippen LogP contribution in [0, 0.1) is 0 Å². The van der Waals surface area contributed by atoms with Crippen LogP contribution in [0.4, 0.5) is 0 Å². The fourth-order valence-electron chi connectivity index (χ4n) is 1.22. The van der Waals surface area contributed by atoms with Gasteiger partial charge < -0.3 is 9.64 Å². The van der Waals surface area contributed by atoms with Crippen molar-refractivity contribution in [2.24, 2.45) is 0 Å². The van der Waals surface area contributed by atoms with Crippen molar-refractivity contribution in [1.29, 1.82) is 0 Å². The van der Waals surface area contributed by atoms with Crippen LogP contribution < -0.4 is 0 Å². The van der Waals surface area contributed by atoms with Crippen molar-refractivity contribution >= 4 is 17.5 Å². The molecule has 3 nitrogen and oxygen atoms in total. The van der Waals surface area contributed by atoms with E-state index in [1.807, 2.05) is 0 Å². The maximum absolute atomic E-state index is 11.4. The largest absolute Gasteiger partial charge is 0.380 e. The molecule has 0 aromatic rings. The number of carbonyl (C=O) groups excluding carboxylic acids is 1. The zero-order valence-electron chi connectivity index (χ0n) is 7.25. The van der Waals surface area contributed by atoms with Gasteiger partial charge in [-0.3, -0.25) is 4.79 Å². The summed E-state index contributed by atoms with van der Waals surface area (Å²) in [7, 11) is 0. The number of rotatable bonds is 1. The van der Waals surface area contributed by atoms with Crippen molar-refractivity contribution in [1.82, 2.24) is 4.90 Å². The molecule has 0 spiro atoms. The maximum Gasteiger partial charge on any atom is 0.240 e. The Hall–Kier alpha value is -0.280. The number of alkyl halides is 1. The SMILES string of the molecule is CC(Cl)C(=O)N1CCCOCC1. The first kappa shape index (κ1) is 9.81. The van der Waals surface area contributed by atoms with Crippen LogP contribution in [0.25, 0.3) is 0 Å². The third-order valence-corrected chi connectivity index (χ3v) is 2.06. The summed E-state index contributed by atoms with van der Waals surface area (Å²) < 4.78 is 5.22. The zero-order chi connectivity index (χ0) is 8.97. The van der Waals surface area contributed by atoms with Crippen molar-refractivity contribution in [3.8, 4) is 0 Å². The molecule has 0 bridgehead atoms. The van der Waals surface area contributed by atoms with Crippen LogP contribution in [-0.4, -0.2) is 42.5 Å². The Labute approximate surface area is 77.6 Å². The lowest BCUT2D eigenvalue weighted by Crippen LogP contribution is -2.37.